The van der Waals surface area contributed by atoms with Crippen molar-refractivity contribution in [2.45, 2.75) is 145 Å². The Bertz CT molecular complexity index is 833. The lowest BCUT2D eigenvalue weighted by atomic mass is 9.79. The molecule has 0 radical (unpaired) electrons. The van der Waals surface area contributed by atoms with Gasteiger partial charge in [0.25, 0.3) is 8.32 Å². The van der Waals surface area contributed by atoms with Gasteiger partial charge in [-0.15, -0.1) is 0 Å². The molecule has 1 saturated carbocycles. The first-order valence-electron chi connectivity index (χ1n) is 13.7. The van der Waals surface area contributed by atoms with E-state index in [4.69, 9.17) is 13.6 Å². The van der Waals surface area contributed by atoms with Gasteiger partial charge in [0, 0.05) is 6.42 Å². The normalized spacial score (nSPS) is 29.2. The maximum absolute atomic E-state index is 14.0. The van der Waals surface area contributed by atoms with Crippen molar-refractivity contribution < 1.29 is 18.4 Å². The van der Waals surface area contributed by atoms with Crippen LogP contribution in [-0.2, 0) is 18.4 Å². The highest BCUT2D eigenvalue weighted by Gasteiger charge is 2.63. The maximum Gasteiger partial charge on any atom is 0.258 e. The number of ketones is 1. The van der Waals surface area contributed by atoms with Crippen molar-refractivity contribution in [2.75, 3.05) is 0 Å². The van der Waals surface area contributed by atoms with Crippen molar-refractivity contribution in [1.82, 2.24) is 0 Å². The summed E-state index contributed by atoms with van der Waals surface area (Å²) in [5.74, 6) is 0.908. The highest BCUT2D eigenvalue weighted by Crippen LogP contribution is 2.55. The molecule has 35 heavy (non-hydrogen) atoms. The average molecular weight is 586 g/mol. The van der Waals surface area contributed by atoms with Crippen LogP contribution in [0.5, 0.6) is 0 Å². The molecular formula is C28H49BrO4Si2. The lowest BCUT2D eigenvalue weighted by Gasteiger charge is -2.51. The number of fused-ring (bicyclic) bond motifs is 1. The van der Waals surface area contributed by atoms with E-state index in [-0.39, 0.29) is 24.1 Å². The number of halogens is 1. The fourth-order valence-electron chi connectivity index (χ4n) is 7.77. The molecule has 0 aromatic heterocycles. The number of rotatable bonds is 10. The molecule has 4 nitrogen and oxygen atoms in total. The van der Waals surface area contributed by atoms with Crippen LogP contribution in [0.1, 0.15) is 89.5 Å². The maximum atomic E-state index is 14.0. The Morgan fingerprint density at radius 2 is 1.29 bits per heavy atom. The van der Waals surface area contributed by atoms with Crippen molar-refractivity contribution in [3.05, 3.63) is 23.5 Å². The summed E-state index contributed by atoms with van der Waals surface area (Å²) < 4.78 is 19.8. The zero-order valence-electron chi connectivity index (χ0n) is 24.1. The molecule has 3 rings (SSSR count). The monoisotopic (exact) mass is 584 g/mol. The van der Waals surface area contributed by atoms with Crippen molar-refractivity contribution >= 4 is 38.3 Å². The predicted octanol–water partition coefficient (Wildman–Crippen LogP) is 8.44. The number of hydrogen-bond acceptors (Lipinski definition) is 4. The summed E-state index contributed by atoms with van der Waals surface area (Å²) in [5, 5.41) is 0. The Balaban J connectivity index is 2.01. The van der Waals surface area contributed by atoms with E-state index >= 15 is 0 Å². The highest BCUT2D eigenvalue weighted by atomic mass is 79.9. The van der Waals surface area contributed by atoms with E-state index in [1.54, 1.807) is 0 Å². The molecule has 2 aliphatic heterocycles. The smallest absolute Gasteiger partial charge is 0.258 e. The molecule has 1 fully saturated rings. The SMILES string of the molecule is CC(C)[Si](OC1=C[C@@H]2C=C3[C@@H](O[Si](C(C)C)(C(C)C)C(C)C)CC(=O)[C@@]1(Br)[C@@H]3O2)(C(C)C)C(C)C. The van der Waals surface area contributed by atoms with Gasteiger partial charge in [-0.1, -0.05) is 99.0 Å². The third-order valence-corrected chi connectivity index (χ3v) is 22.5. The molecule has 2 heterocycles. The molecule has 0 amide bonds. The summed E-state index contributed by atoms with van der Waals surface area (Å²) in [5.41, 5.74) is 3.80. The minimum Gasteiger partial charge on any atom is -0.544 e. The fraction of sp³-hybridized carbons (Fsp3) is 0.821. The lowest BCUT2D eigenvalue weighted by molar-refractivity contribution is -0.128. The zero-order chi connectivity index (χ0) is 26.7. The van der Waals surface area contributed by atoms with Crippen molar-refractivity contribution in [1.29, 1.82) is 0 Å². The minimum atomic E-state index is -2.23. The molecule has 1 aliphatic carbocycles. The standard InChI is InChI=1S/C28H49BrO4Si2/c1-16(2)34(17(3)4,18(5)6)32-24-15-25(30)28(29)26(14-22-13-23(24)27(28)31-22)33-35(19(7)8,20(9)10)21(11)12/h13-14,16-22,24,27H,15H2,1-12H3/t22-,24-,27+,28-/m0/s1. The van der Waals surface area contributed by atoms with Crippen LogP contribution >= 0.6 is 15.9 Å². The van der Waals surface area contributed by atoms with Crippen LogP contribution in [0.3, 0.4) is 0 Å². The van der Waals surface area contributed by atoms with E-state index in [1.165, 1.54) is 0 Å². The van der Waals surface area contributed by atoms with Gasteiger partial charge in [-0.3, -0.25) is 4.79 Å². The Labute approximate surface area is 225 Å². The highest BCUT2D eigenvalue weighted by molar-refractivity contribution is 9.10. The third-order valence-electron chi connectivity index (χ3n) is 9.18. The van der Waals surface area contributed by atoms with E-state index < -0.39 is 21.0 Å². The Kier molecular flexibility index (Phi) is 8.52. The Hall–Kier alpha value is -0.216. The molecule has 200 valence electrons. The van der Waals surface area contributed by atoms with Gasteiger partial charge in [0.2, 0.25) is 8.32 Å². The first-order chi connectivity index (χ1) is 16.1. The topological polar surface area (TPSA) is 44.8 Å². The number of ether oxygens (including phenoxy) is 1. The van der Waals surface area contributed by atoms with Gasteiger partial charge in [-0.25, -0.2) is 0 Å². The van der Waals surface area contributed by atoms with E-state index in [0.717, 1.165) is 11.3 Å². The zero-order valence-corrected chi connectivity index (χ0v) is 27.7. The third kappa shape index (κ3) is 4.43. The molecule has 4 atom stereocenters. The number of carbonyl (C=O) groups excluding carboxylic acids is 1. The van der Waals surface area contributed by atoms with E-state index in [2.05, 4.69) is 111 Å². The van der Waals surface area contributed by atoms with Gasteiger partial charge in [-0.2, -0.15) is 0 Å². The number of Topliss-reactive ketones (excluding diaryl/α,β-unsaturated/α-hetero) is 1. The molecule has 3 aliphatic rings. The largest absolute Gasteiger partial charge is 0.544 e. The summed E-state index contributed by atoms with van der Waals surface area (Å²) in [6.45, 7) is 27.5. The lowest BCUT2D eigenvalue weighted by Crippen LogP contribution is -2.60. The summed E-state index contributed by atoms with van der Waals surface area (Å²) in [4.78, 5) is 14.0. The van der Waals surface area contributed by atoms with Gasteiger partial charge in [0.1, 0.15) is 11.9 Å². The van der Waals surface area contributed by atoms with Gasteiger partial charge in [0.05, 0.1) is 12.2 Å². The molecule has 0 N–H and O–H groups in total. The summed E-state index contributed by atoms with van der Waals surface area (Å²) in [7, 11) is -4.39. The van der Waals surface area contributed by atoms with Crippen molar-refractivity contribution in [3.63, 3.8) is 0 Å². The molecule has 0 spiro atoms. The Morgan fingerprint density at radius 3 is 1.71 bits per heavy atom. The Morgan fingerprint density at radius 1 is 0.829 bits per heavy atom. The van der Waals surface area contributed by atoms with Gasteiger partial charge >= 0.3 is 0 Å². The minimum absolute atomic E-state index is 0.120. The molecule has 7 heteroatoms. The molecule has 0 aromatic carbocycles. The molecule has 2 bridgehead atoms. The van der Waals surface area contributed by atoms with Crippen LogP contribution in [0.15, 0.2) is 23.5 Å². The van der Waals surface area contributed by atoms with E-state index in [0.29, 0.717) is 39.7 Å². The van der Waals surface area contributed by atoms with Gasteiger partial charge in [-0.05, 0) is 51.0 Å². The van der Waals surface area contributed by atoms with Crippen LogP contribution in [0.2, 0.25) is 33.2 Å². The molecule has 0 aromatic rings. The first-order valence-corrected chi connectivity index (χ1v) is 18.8. The molecule has 0 unspecified atom stereocenters. The number of alkyl halides is 1. The van der Waals surface area contributed by atoms with Crippen LogP contribution < -0.4 is 0 Å². The summed E-state index contributed by atoms with van der Waals surface area (Å²) in [6.07, 6.45) is 3.89. The van der Waals surface area contributed by atoms with Crippen LogP contribution in [0.25, 0.3) is 0 Å². The summed E-state index contributed by atoms with van der Waals surface area (Å²) >= 11 is 3.94. The van der Waals surface area contributed by atoms with Crippen LogP contribution in [0, 0.1) is 0 Å². The summed E-state index contributed by atoms with van der Waals surface area (Å²) in [6, 6.07) is 0. The average Bonchev–Trinajstić information content (AvgIpc) is 3.12. The van der Waals surface area contributed by atoms with Gasteiger partial charge in [0.15, 0.2) is 10.1 Å². The van der Waals surface area contributed by atoms with Crippen molar-refractivity contribution in [2.24, 2.45) is 0 Å². The molecule has 0 saturated heterocycles. The van der Waals surface area contributed by atoms with Crippen molar-refractivity contribution in [3.8, 4) is 0 Å². The predicted molar refractivity (Wildman–Crippen MR) is 154 cm³/mol. The first kappa shape index (κ1) is 29.3. The molecular weight excluding hydrogens is 536 g/mol. The van der Waals surface area contributed by atoms with Crippen LogP contribution in [-0.4, -0.2) is 45.1 Å². The second-order valence-electron chi connectivity index (χ2n) is 12.9. The fourth-order valence-corrected chi connectivity index (χ4v) is 19.5. The second kappa shape index (κ2) is 10.2. The second-order valence-corrected chi connectivity index (χ2v) is 24.9. The van der Waals surface area contributed by atoms with E-state index in [1.807, 2.05) is 0 Å². The van der Waals surface area contributed by atoms with Crippen LogP contribution in [0.4, 0.5) is 0 Å². The van der Waals surface area contributed by atoms with Gasteiger partial charge < -0.3 is 13.6 Å². The quantitative estimate of drug-likeness (QED) is 0.147. The van der Waals surface area contributed by atoms with E-state index in [9.17, 15) is 4.79 Å². The number of carbonyl (C=O) groups is 1. The number of hydrogen-bond donors (Lipinski definition) is 0.